The SMILES string of the molecule is Cc1cccc(NC(N)=NCCCSc2nccs2)c1.I. The Labute approximate surface area is 150 Å². The number of aromatic nitrogens is 1. The van der Waals surface area contributed by atoms with Crippen LogP contribution >= 0.6 is 47.1 Å². The summed E-state index contributed by atoms with van der Waals surface area (Å²) in [6, 6.07) is 8.07. The first-order chi connectivity index (χ1) is 9.74. The molecule has 7 heteroatoms. The number of guanidine groups is 1. The van der Waals surface area contributed by atoms with Gasteiger partial charge in [0, 0.05) is 29.6 Å². The Bertz CT molecular complexity index is 558. The molecule has 114 valence electrons. The number of aliphatic imine (C=N–C) groups is 1. The molecule has 0 bridgehead atoms. The lowest BCUT2D eigenvalue weighted by Gasteiger charge is -2.06. The Morgan fingerprint density at radius 3 is 3.05 bits per heavy atom. The molecule has 2 aromatic rings. The summed E-state index contributed by atoms with van der Waals surface area (Å²) in [7, 11) is 0. The van der Waals surface area contributed by atoms with Crippen molar-refractivity contribution in [3.8, 4) is 0 Å². The highest BCUT2D eigenvalue weighted by molar-refractivity contribution is 14.0. The lowest BCUT2D eigenvalue weighted by atomic mass is 10.2. The lowest BCUT2D eigenvalue weighted by Crippen LogP contribution is -2.22. The minimum absolute atomic E-state index is 0. The van der Waals surface area contributed by atoms with Crippen LogP contribution in [0.3, 0.4) is 0 Å². The van der Waals surface area contributed by atoms with Crippen LogP contribution in [0.15, 0.2) is 45.2 Å². The summed E-state index contributed by atoms with van der Waals surface area (Å²) >= 11 is 3.43. The minimum Gasteiger partial charge on any atom is -0.370 e. The van der Waals surface area contributed by atoms with Crippen LogP contribution in [0.4, 0.5) is 5.69 Å². The van der Waals surface area contributed by atoms with E-state index in [-0.39, 0.29) is 24.0 Å². The maximum atomic E-state index is 5.85. The number of aryl methyl sites for hydroxylation is 1. The van der Waals surface area contributed by atoms with Gasteiger partial charge >= 0.3 is 0 Å². The Hall–Kier alpha value is -0.800. The van der Waals surface area contributed by atoms with Crippen molar-refractivity contribution in [2.45, 2.75) is 17.7 Å². The summed E-state index contributed by atoms with van der Waals surface area (Å²) in [5.74, 6) is 1.48. The van der Waals surface area contributed by atoms with Crippen molar-refractivity contribution in [3.05, 3.63) is 41.4 Å². The Morgan fingerprint density at radius 1 is 1.48 bits per heavy atom. The number of hydrogen-bond donors (Lipinski definition) is 2. The molecule has 0 aliphatic rings. The fourth-order valence-electron chi connectivity index (χ4n) is 1.62. The van der Waals surface area contributed by atoms with Crippen LogP contribution in [0.25, 0.3) is 0 Å². The number of anilines is 1. The van der Waals surface area contributed by atoms with E-state index in [4.69, 9.17) is 5.73 Å². The molecule has 0 amide bonds. The predicted octanol–water partition coefficient (Wildman–Crippen LogP) is 3.98. The third kappa shape index (κ3) is 7.14. The zero-order valence-corrected chi connectivity index (χ0v) is 15.7. The van der Waals surface area contributed by atoms with E-state index in [1.54, 1.807) is 23.1 Å². The van der Waals surface area contributed by atoms with Crippen molar-refractivity contribution >= 4 is 58.7 Å². The standard InChI is InChI=1S/C14H18N4S2.HI/c1-11-4-2-5-12(10-11)18-13(15)16-6-3-8-19-14-17-7-9-20-14;/h2,4-5,7,9-10H,3,6,8H2,1H3,(H3,15,16,18);1H. The molecule has 2 rings (SSSR count). The molecule has 0 aliphatic heterocycles. The third-order valence-electron chi connectivity index (χ3n) is 2.51. The first-order valence-corrected chi connectivity index (χ1v) is 8.26. The molecular formula is C14H19IN4S2. The van der Waals surface area contributed by atoms with E-state index < -0.39 is 0 Å². The quantitative estimate of drug-likeness (QED) is 0.237. The number of benzene rings is 1. The van der Waals surface area contributed by atoms with Gasteiger partial charge in [0.15, 0.2) is 5.96 Å². The summed E-state index contributed by atoms with van der Waals surface area (Å²) in [6.07, 6.45) is 2.81. The number of thioether (sulfide) groups is 1. The van der Waals surface area contributed by atoms with Crippen molar-refractivity contribution < 1.29 is 0 Å². The van der Waals surface area contributed by atoms with Gasteiger partial charge in [-0.25, -0.2) is 4.98 Å². The van der Waals surface area contributed by atoms with Crippen LogP contribution in [0.2, 0.25) is 0 Å². The van der Waals surface area contributed by atoms with E-state index in [0.717, 1.165) is 28.7 Å². The second-order valence-corrected chi connectivity index (χ2v) is 6.50. The van der Waals surface area contributed by atoms with Gasteiger partial charge in [-0.2, -0.15) is 0 Å². The van der Waals surface area contributed by atoms with Crippen LogP contribution in [0.5, 0.6) is 0 Å². The Kier molecular flexibility index (Phi) is 8.70. The molecule has 3 N–H and O–H groups in total. The highest BCUT2D eigenvalue weighted by Crippen LogP contribution is 2.20. The maximum absolute atomic E-state index is 5.85. The van der Waals surface area contributed by atoms with Crippen LogP contribution in [-0.4, -0.2) is 23.2 Å². The topological polar surface area (TPSA) is 63.3 Å². The van der Waals surface area contributed by atoms with E-state index in [1.807, 2.05) is 42.8 Å². The molecule has 0 saturated heterocycles. The molecule has 0 atom stereocenters. The first-order valence-electron chi connectivity index (χ1n) is 6.40. The van der Waals surface area contributed by atoms with E-state index in [9.17, 15) is 0 Å². The Balaban J connectivity index is 0.00000220. The van der Waals surface area contributed by atoms with Crippen LogP contribution in [0.1, 0.15) is 12.0 Å². The molecule has 0 aliphatic carbocycles. The lowest BCUT2D eigenvalue weighted by molar-refractivity contribution is 0.939. The van der Waals surface area contributed by atoms with Crippen molar-refractivity contribution in [1.82, 2.24) is 4.98 Å². The van der Waals surface area contributed by atoms with Gasteiger partial charge in [0.05, 0.1) is 0 Å². The van der Waals surface area contributed by atoms with Gasteiger partial charge in [-0.05, 0) is 31.0 Å². The van der Waals surface area contributed by atoms with E-state index in [2.05, 4.69) is 15.3 Å². The monoisotopic (exact) mass is 434 g/mol. The van der Waals surface area contributed by atoms with E-state index in [1.165, 1.54) is 5.56 Å². The van der Waals surface area contributed by atoms with Crippen molar-refractivity contribution in [2.75, 3.05) is 17.6 Å². The van der Waals surface area contributed by atoms with Gasteiger partial charge in [-0.15, -0.1) is 35.3 Å². The van der Waals surface area contributed by atoms with E-state index >= 15 is 0 Å². The molecule has 0 spiro atoms. The zero-order valence-electron chi connectivity index (χ0n) is 11.8. The molecule has 21 heavy (non-hydrogen) atoms. The van der Waals surface area contributed by atoms with Crippen molar-refractivity contribution in [1.29, 1.82) is 0 Å². The van der Waals surface area contributed by atoms with Gasteiger partial charge < -0.3 is 11.1 Å². The predicted molar refractivity (Wildman–Crippen MR) is 104 cm³/mol. The fraction of sp³-hybridized carbons (Fsp3) is 0.286. The highest BCUT2D eigenvalue weighted by Gasteiger charge is 1.97. The van der Waals surface area contributed by atoms with Crippen LogP contribution < -0.4 is 11.1 Å². The van der Waals surface area contributed by atoms with Crippen molar-refractivity contribution in [2.24, 2.45) is 10.7 Å². The number of nitrogens with one attached hydrogen (secondary N) is 1. The average Bonchev–Trinajstić information content (AvgIpc) is 2.91. The molecular weight excluding hydrogens is 415 g/mol. The molecule has 0 saturated carbocycles. The smallest absolute Gasteiger partial charge is 0.193 e. The number of nitrogens with zero attached hydrogens (tertiary/aromatic N) is 2. The van der Waals surface area contributed by atoms with Crippen LogP contribution in [0, 0.1) is 6.92 Å². The maximum Gasteiger partial charge on any atom is 0.193 e. The minimum atomic E-state index is 0. The number of thiazole rings is 1. The molecule has 4 nitrogen and oxygen atoms in total. The molecule has 0 radical (unpaired) electrons. The molecule has 1 aromatic carbocycles. The second-order valence-electron chi connectivity index (χ2n) is 4.26. The summed E-state index contributed by atoms with van der Waals surface area (Å²) in [5, 5.41) is 5.09. The summed E-state index contributed by atoms with van der Waals surface area (Å²) in [6.45, 7) is 2.78. The highest BCUT2D eigenvalue weighted by atomic mass is 127. The number of halogens is 1. The van der Waals surface area contributed by atoms with E-state index in [0.29, 0.717) is 5.96 Å². The van der Waals surface area contributed by atoms with Gasteiger partial charge in [-0.3, -0.25) is 4.99 Å². The van der Waals surface area contributed by atoms with Gasteiger partial charge in [0.1, 0.15) is 4.34 Å². The van der Waals surface area contributed by atoms with Gasteiger partial charge in [0.2, 0.25) is 0 Å². The number of hydrogen-bond acceptors (Lipinski definition) is 4. The normalized spacial score (nSPS) is 11.0. The van der Waals surface area contributed by atoms with Crippen molar-refractivity contribution in [3.63, 3.8) is 0 Å². The summed E-state index contributed by atoms with van der Waals surface area (Å²) < 4.78 is 1.11. The molecule has 1 aromatic heterocycles. The fourth-order valence-corrected chi connectivity index (χ4v) is 3.25. The average molecular weight is 434 g/mol. The van der Waals surface area contributed by atoms with Gasteiger partial charge in [0.25, 0.3) is 0 Å². The number of nitrogens with two attached hydrogens (primary N) is 1. The van der Waals surface area contributed by atoms with Crippen LogP contribution in [-0.2, 0) is 0 Å². The molecule has 1 heterocycles. The number of rotatable bonds is 6. The van der Waals surface area contributed by atoms with Gasteiger partial charge in [-0.1, -0.05) is 23.9 Å². The Morgan fingerprint density at radius 2 is 2.33 bits per heavy atom. The second kappa shape index (κ2) is 10.0. The first kappa shape index (κ1) is 18.2. The molecule has 0 fully saturated rings. The molecule has 0 unspecified atom stereocenters. The third-order valence-corrected chi connectivity index (χ3v) is 4.56. The summed E-state index contributed by atoms with van der Waals surface area (Å²) in [5.41, 5.74) is 8.03. The largest absolute Gasteiger partial charge is 0.370 e. The zero-order chi connectivity index (χ0) is 14.2. The summed E-state index contributed by atoms with van der Waals surface area (Å²) in [4.78, 5) is 8.54.